The number of benzene rings is 1. The lowest BCUT2D eigenvalue weighted by molar-refractivity contribution is 0.251. The van der Waals surface area contributed by atoms with Crippen molar-refractivity contribution in [1.29, 1.82) is 0 Å². The standard InChI is InChI=1S/C17H23N5O2/c1-12-19-16(21-24-12)11-18-17(23)20-14-9-5-6-10-15(14)22(2)13-7-3-4-8-13/h5-6,9-10,13H,3-4,7-8,11H2,1-2H3,(H2,18,20,23). The minimum absolute atomic E-state index is 0.226. The molecular weight excluding hydrogens is 306 g/mol. The van der Waals surface area contributed by atoms with Gasteiger partial charge in [0.15, 0.2) is 5.82 Å². The van der Waals surface area contributed by atoms with Gasteiger partial charge in [0.2, 0.25) is 5.89 Å². The van der Waals surface area contributed by atoms with Crippen LogP contribution < -0.4 is 15.5 Å². The van der Waals surface area contributed by atoms with Crippen molar-refractivity contribution in [3.63, 3.8) is 0 Å². The lowest BCUT2D eigenvalue weighted by Crippen LogP contribution is -2.32. The molecule has 3 rings (SSSR count). The number of hydrogen-bond acceptors (Lipinski definition) is 5. The van der Waals surface area contributed by atoms with E-state index in [-0.39, 0.29) is 12.6 Å². The molecule has 1 aromatic heterocycles. The Labute approximate surface area is 141 Å². The predicted molar refractivity (Wildman–Crippen MR) is 92.0 cm³/mol. The quantitative estimate of drug-likeness (QED) is 0.881. The van der Waals surface area contributed by atoms with Gasteiger partial charge in [-0.25, -0.2) is 4.79 Å². The van der Waals surface area contributed by atoms with E-state index in [2.05, 4.69) is 32.7 Å². The molecule has 0 atom stereocenters. The second-order valence-electron chi connectivity index (χ2n) is 6.10. The van der Waals surface area contributed by atoms with E-state index in [4.69, 9.17) is 4.52 Å². The average molecular weight is 329 g/mol. The van der Waals surface area contributed by atoms with Gasteiger partial charge in [0.05, 0.1) is 17.9 Å². The van der Waals surface area contributed by atoms with Gasteiger partial charge in [-0.3, -0.25) is 0 Å². The van der Waals surface area contributed by atoms with Crippen LogP contribution in [0.2, 0.25) is 0 Å². The molecule has 1 aliphatic rings. The SMILES string of the molecule is Cc1nc(CNC(=O)Nc2ccccc2N(C)C2CCCC2)no1. The fraction of sp³-hybridized carbons (Fsp3) is 0.471. The topological polar surface area (TPSA) is 83.3 Å². The van der Waals surface area contributed by atoms with Crippen LogP contribution in [0.25, 0.3) is 0 Å². The largest absolute Gasteiger partial charge is 0.370 e. The molecule has 1 aromatic carbocycles. The summed E-state index contributed by atoms with van der Waals surface area (Å²) in [5.74, 6) is 0.940. The number of aromatic nitrogens is 2. The van der Waals surface area contributed by atoms with Crippen molar-refractivity contribution in [2.45, 2.75) is 45.2 Å². The number of nitrogens with zero attached hydrogens (tertiary/aromatic N) is 3. The summed E-state index contributed by atoms with van der Waals surface area (Å²) < 4.78 is 4.88. The Morgan fingerprint density at radius 2 is 2.08 bits per heavy atom. The summed E-state index contributed by atoms with van der Waals surface area (Å²) >= 11 is 0. The molecule has 2 aromatic rings. The van der Waals surface area contributed by atoms with E-state index in [0.717, 1.165) is 11.4 Å². The molecule has 1 fully saturated rings. The molecule has 128 valence electrons. The van der Waals surface area contributed by atoms with Gasteiger partial charge >= 0.3 is 6.03 Å². The summed E-state index contributed by atoms with van der Waals surface area (Å²) in [5, 5.41) is 9.41. The fourth-order valence-electron chi connectivity index (χ4n) is 3.11. The van der Waals surface area contributed by atoms with E-state index in [1.54, 1.807) is 6.92 Å². The highest BCUT2D eigenvalue weighted by Gasteiger charge is 2.21. The highest BCUT2D eigenvalue weighted by Crippen LogP contribution is 2.31. The number of para-hydroxylation sites is 2. The maximum atomic E-state index is 12.2. The van der Waals surface area contributed by atoms with Gasteiger partial charge in [-0.15, -0.1) is 0 Å². The number of urea groups is 1. The monoisotopic (exact) mass is 329 g/mol. The molecule has 0 unspecified atom stereocenters. The molecule has 2 amide bonds. The molecular formula is C17H23N5O2. The maximum absolute atomic E-state index is 12.2. The van der Waals surface area contributed by atoms with Crippen molar-refractivity contribution >= 4 is 17.4 Å². The Bertz CT molecular complexity index is 694. The average Bonchev–Trinajstić information content (AvgIpc) is 3.24. The van der Waals surface area contributed by atoms with Crippen LogP contribution in [0.15, 0.2) is 28.8 Å². The van der Waals surface area contributed by atoms with Gasteiger partial charge in [-0.05, 0) is 25.0 Å². The molecule has 0 spiro atoms. The first-order chi connectivity index (χ1) is 11.6. The Hall–Kier alpha value is -2.57. The van der Waals surface area contributed by atoms with Gasteiger partial charge in [-0.2, -0.15) is 4.98 Å². The zero-order chi connectivity index (χ0) is 16.9. The lowest BCUT2D eigenvalue weighted by atomic mass is 10.1. The van der Waals surface area contributed by atoms with Crippen LogP contribution in [0.1, 0.15) is 37.4 Å². The van der Waals surface area contributed by atoms with E-state index in [1.165, 1.54) is 25.7 Å². The zero-order valence-corrected chi connectivity index (χ0v) is 14.1. The Kier molecular flexibility index (Phi) is 4.98. The first kappa shape index (κ1) is 16.3. The molecule has 24 heavy (non-hydrogen) atoms. The number of amides is 2. The summed E-state index contributed by atoms with van der Waals surface area (Å²) in [6.45, 7) is 1.94. The molecule has 0 bridgehead atoms. The molecule has 0 aliphatic heterocycles. The van der Waals surface area contributed by atoms with Gasteiger partial charge in [0, 0.05) is 20.0 Å². The highest BCUT2D eigenvalue weighted by molar-refractivity contribution is 5.93. The van der Waals surface area contributed by atoms with Crippen molar-refractivity contribution in [2.24, 2.45) is 0 Å². The van der Waals surface area contributed by atoms with Gasteiger partial charge < -0.3 is 20.1 Å². The smallest absolute Gasteiger partial charge is 0.319 e. The van der Waals surface area contributed by atoms with Gasteiger partial charge in [-0.1, -0.05) is 30.1 Å². The van der Waals surface area contributed by atoms with Crippen molar-refractivity contribution in [3.05, 3.63) is 36.0 Å². The van der Waals surface area contributed by atoms with Crippen LogP contribution in [0.5, 0.6) is 0 Å². The number of carbonyl (C=O) groups excluding carboxylic acids is 1. The minimum atomic E-state index is -0.287. The number of anilines is 2. The van der Waals surface area contributed by atoms with Crippen molar-refractivity contribution in [2.75, 3.05) is 17.3 Å². The molecule has 1 heterocycles. The van der Waals surface area contributed by atoms with Crippen molar-refractivity contribution in [3.8, 4) is 0 Å². The lowest BCUT2D eigenvalue weighted by Gasteiger charge is -2.28. The third kappa shape index (κ3) is 3.84. The van der Waals surface area contributed by atoms with Crippen LogP contribution in [-0.2, 0) is 6.54 Å². The fourth-order valence-corrected chi connectivity index (χ4v) is 3.11. The molecule has 1 aliphatic carbocycles. The van der Waals surface area contributed by atoms with Crippen LogP contribution in [0, 0.1) is 6.92 Å². The van der Waals surface area contributed by atoms with Gasteiger partial charge in [0.25, 0.3) is 0 Å². The molecule has 0 saturated heterocycles. The summed E-state index contributed by atoms with van der Waals surface area (Å²) in [6, 6.07) is 8.12. The highest BCUT2D eigenvalue weighted by atomic mass is 16.5. The first-order valence-corrected chi connectivity index (χ1v) is 8.29. The summed E-state index contributed by atoms with van der Waals surface area (Å²) in [5.41, 5.74) is 1.84. The second-order valence-corrected chi connectivity index (χ2v) is 6.10. The van der Waals surface area contributed by atoms with E-state index in [0.29, 0.717) is 17.8 Å². The molecule has 0 radical (unpaired) electrons. The summed E-state index contributed by atoms with van der Waals surface area (Å²) in [7, 11) is 2.09. The van der Waals surface area contributed by atoms with E-state index < -0.39 is 0 Å². The van der Waals surface area contributed by atoms with Crippen molar-refractivity contribution in [1.82, 2.24) is 15.5 Å². The number of nitrogens with one attached hydrogen (secondary N) is 2. The summed E-state index contributed by atoms with van der Waals surface area (Å²) in [4.78, 5) is 18.5. The normalized spacial score (nSPS) is 14.6. The van der Waals surface area contributed by atoms with E-state index >= 15 is 0 Å². The van der Waals surface area contributed by atoms with E-state index in [1.807, 2.05) is 24.3 Å². The third-order valence-electron chi connectivity index (χ3n) is 4.38. The summed E-state index contributed by atoms with van der Waals surface area (Å²) in [6.07, 6.45) is 4.95. The van der Waals surface area contributed by atoms with Crippen LogP contribution in [-0.4, -0.2) is 29.3 Å². The minimum Gasteiger partial charge on any atom is -0.370 e. The first-order valence-electron chi connectivity index (χ1n) is 8.29. The van der Waals surface area contributed by atoms with Crippen LogP contribution in [0.4, 0.5) is 16.2 Å². The number of aryl methyl sites for hydroxylation is 1. The number of rotatable bonds is 5. The van der Waals surface area contributed by atoms with Gasteiger partial charge in [0.1, 0.15) is 0 Å². The second kappa shape index (κ2) is 7.33. The van der Waals surface area contributed by atoms with Crippen LogP contribution in [0.3, 0.4) is 0 Å². The Morgan fingerprint density at radius 3 is 2.79 bits per heavy atom. The number of hydrogen-bond donors (Lipinski definition) is 2. The zero-order valence-electron chi connectivity index (χ0n) is 14.1. The molecule has 7 heteroatoms. The van der Waals surface area contributed by atoms with Crippen molar-refractivity contribution < 1.29 is 9.32 Å². The Balaban J connectivity index is 1.62. The molecule has 7 nitrogen and oxygen atoms in total. The predicted octanol–water partition coefficient (Wildman–Crippen LogP) is 3.08. The molecule has 1 saturated carbocycles. The molecule has 2 N–H and O–H groups in total. The maximum Gasteiger partial charge on any atom is 0.319 e. The number of carbonyl (C=O) groups is 1. The van der Waals surface area contributed by atoms with E-state index in [9.17, 15) is 4.79 Å². The van der Waals surface area contributed by atoms with Crippen LogP contribution >= 0.6 is 0 Å². The third-order valence-corrected chi connectivity index (χ3v) is 4.38. The Morgan fingerprint density at radius 1 is 1.33 bits per heavy atom.